The lowest BCUT2D eigenvalue weighted by Gasteiger charge is -2.25. The number of likely N-dealkylation sites (tertiary alicyclic amines) is 1. The molecule has 0 spiro atoms. The topological polar surface area (TPSA) is 76.1 Å². The molecule has 3 heterocycles. The van der Waals surface area contributed by atoms with E-state index in [-0.39, 0.29) is 6.61 Å². The molecule has 2 aliphatic heterocycles. The van der Waals surface area contributed by atoms with E-state index >= 15 is 0 Å². The maximum Gasteiger partial charge on any atom is 0.163 e. The van der Waals surface area contributed by atoms with Gasteiger partial charge in [-0.15, -0.1) is 0 Å². The molecule has 1 aromatic carbocycles. The number of aromatic nitrogens is 1. The van der Waals surface area contributed by atoms with Gasteiger partial charge in [0, 0.05) is 38.3 Å². The van der Waals surface area contributed by atoms with E-state index < -0.39 is 6.10 Å². The van der Waals surface area contributed by atoms with Crippen LogP contribution in [0.2, 0.25) is 0 Å². The van der Waals surface area contributed by atoms with Crippen LogP contribution in [0.1, 0.15) is 37.2 Å². The minimum atomic E-state index is -0.530. The van der Waals surface area contributed by atoms with Crippen LogP contribution in [0.4, 0.5) is 5.82 Å². The molecule has 2 aliphatic rings. The number of fused-ring (bicyclic) bond motifs is 1. The number of pyridine rings is 1. The summed E-state index contributed by atoms with van der Waals surface area (Å²) in [6.07, 6.45) is 3.90. The minimum Gasteiger partial charge on any atom is -0.493 e. The quantitative estimate of drug-likeness (QED) is 0.686. The molecule has 4 rings (SSSR count). The number of nitrogens with zero attached hydrogens (tertiary/aromatic N) is 2. The highest BCUT2D eigenvalue weighted by Crippen LogP contribution is 2.39. The highest BCUT2D eigenvalue weighted by molar-refractivity contribution is 5.88. The first-order valence-electron chi connectivity index (χ1n) is 11.0. The molecule has 2 saturated heterocycles. The average molecular weight is 416 g/mol. The zero-order valence-corrected chi connectivity index (χ0v) is 18.0. The van der Waals surface area contributed by atoms with Crippen LogP contribution in [0.15, 0.2) is 18.2 Å². The first-order chi connectivity index (χ1) is 14.7. The average Bonchev–Trinajstić information content (AvgIpc) is 3.29. The Morgan fingerprint density at radius 2 is 1.97 bits per heavy atom. The smallest absolute Gasteiger partial charge is 0.163 e. The van der Waals surface area contributed by atoms with Gasteiger partial charge in [0.05, 0.1) is 12.6 Å². The Morgan fingerprint density at radius 3 is 2.67 bits per heavy atom. The van der Waals surface area contributed by atoms with Gasteiger partial charge >= 0.3 is 0 Å². The van der Waals surface area contributed by atoms with Crippen molar-refractivity contribution in [2.24, 2.45) is 0 Å². The standard InChI is InChI=1S/C23H33N3O4/c1-24-23-12-18(16-5-9-29-10-6-16)19-11-21(28-2)22(13-20(19)25-23)30-15-17(27)14-26-7-3-4-8-26/h11-13,16-17,27H,3-10,14-15H2,1-2H3,(H,24,25)/t17-/m0/s1. The minimum absolute atomic E-state index is 0.233. The predicted octanol–water partition coefficient (Wildman–Crippen LogP) is 3.01. The Hall–Kier alpha value is -2.09. The van der Waals surface area contributed by atoms with Crippen LogP contribution in [-0.4, -0.2) is 74.7 Å². The maximum absolute atomic E-state index is 10.4. The van der Waals surface area contributed by atoms with Crippen molar-refractivity contribution in [3.05, 3.63) is 23.8 Å². The molecule has 2 N–H and O–H groups in total. The third kappa shape index (κ3) is 4.79. The molecule has 0 unspecified atom stereocenters. The summed E-state index contributed by atoms with van der Waals surface area (Å²) in [5, 5.41) is 14.7. The number of aliphatic hydroxyl groups is 1. The van der Waals surface area contributed by atoms with E-state index in [1.807, 2.05) is 19.2 Å². The Morgan fingerprint density at radius 1 is 1.20 bits per heavy atom. The van der Waals surface area contributed by atoms with Crippen molar-refractivity contribution >= 4 is 16.7 Å². The van der Waals surface area contributed by atoms with E-state index in [4.69, 9.17) is 19.2 Å². The molecule has 2 aromatic rings. The number of hydrogen-bond acceptors (Lipinski definition) is 7. The lowest BCUT2D eigenvalue weighted by atomic mass is 9.89. The highest BCUT2D eigenvalue weighted by atomic mass is 16.5. The second kappa shape index (κ2) is 9.81. The van der Waals surface area contributed by atoms with Crippen molar-refractivity contribution in [1.82, 2.24) is 9.88 Å². The Kier molecular flexibility index (Phi) is 6.92. The van der Waals surface area contributed by atoms with Crippen LogP contribution in [0.5, 0.6) is 11.5 Å². The van der Waals surface area contributed by atoms with Crippen molar-refractivity contribution in [1.29, 1.82) is 0 Å². The van der Waals surface area contributed by atoms with Gasteiger partial charge in [0.25, 0.3) is 0 Å². The molecule has 2 fully saturated rings. The zero-order valence-electron chi connectivity index (χ0n) is 18.0. The van der Waals surface area contributed by atoms with Gasteiger partial charge in [0.1, 0.15) is 18.5 Å². The van der Waals surface area contributed by atoms with Crippen LogP contribution in [-0.2, 0) is 4.74 Å². The SMILES string of the molecule is CNc1cc(C2CCOCC2)c2cc(OC)c(OC[C@@H](O)CN3CCCC3)cc2n1. The van der Waals surface area contributed by atoms with E-state index in [1.165, 1.54) is 18.4 Å². The van der Waals surface area contributed by atoms with E-state index in [1.54, 1.807) is 7.11 Å². The molecule has 164 valence electrons. The third-order valence-electron chi connectivity index (χ3n) is 6.14. The molecule has 0 saturated carbocycles. The normalized spacial score (nSPS) is 19.2. The lowest BCUT2D eigenvalue weighted by Crippen LogP contribution is -2.33. The number of nitrogens with one attached hydrogen (secondary N) is 1. The van der Waals surface area contributed by atoms with E-state index in [0.717, 1.165) is 55.9 Å². The van der Waals surface area contributed by atoms with Crippen molar-refractivity contribution in [2.75, 3.05) is 58.9 Å². The molecule has 0 bridgehead atoms. The molecular formula is C23H33N3O4. The highest BCUT2D eigenvalue weighted by Gasteiger charge is 2.22. The lowest BCUT2D eigenvalue weighted by molar-refractivity contribution is 0.0747. The molecule has 0 amide bonds. The molecule has 0 radical (unpaired) electrons. The fraction of sp³-hybridized carbons (Fsp3) is 0.609. The molecular weight excluding hydrogens is 382 g/mol. The summed E-state index contributed by atoms with van der Waals surface area (Å²) < 4.78 is 17.2. The number of benzene rings is 1. The van der Waals surface area contributed by atoms with E-state index in [9.17, 15) is 5.11 Å². The molecule has 7 nitrogen and oxygen atoms in total. The predicted molar refractivity (Wildman–Crippen MR) is 118 cm³/mol. The number of hydrogen-bond donors (Lipinski definition) is 2. The first kappa shape index (κ1) is 21.2. The fourth-order valence-electron chi connectivity index (χ4n) is 4.51. The van der Waals surface area contributed by atoms with E-state index in [2.05, 4.69) is 16.3 Å². The summed E-state index contributed by atoms with van der Waals surface area (Å²) in [5.41, 5.74) is 2.14. The number of rotatable bonds is 8. The number of aliphatic hydroxyl groups excluding tert-OH is 1. The summed E-state index contributed by atoms with van der Waals surface area (Å²) in [7, 11) is 3.54. The van der Waals surface area contributed by atoms with Gasteiger partial charge in [0.15, 0.2) is 11.5 Å². The van der Waals surface area contributed by atoms with Crippen molar-refractivity contribution in [3.8, 4) is 11.5 Å². The molecule has 7 heteroatoms. The van der Waals surface area contributed by atoms with Gasteiger partial charge in [-0.1, -0.05) is 0 Å². The summed E-state index contributed by atoms with van der Waals surface area (Å²) in [6, 6.07) is 6.09. The monoisotopic (exact) mass is 415 g/mol. The van der Waals surface area contributed by atoms with Crippen LogP contribution in [0.3, 0.4) is 0 Å². The van der Waals surface area contributed by atoms with Gasteiger partial charge in [-0.25, -0.2) is 4.98 Å². The summed E-state index contributed by atoms with van der Waals surface area (Å²) in [6.45, 7) is 4.57. The number of methoxy groups -OCH3 is 1. The van der Waals surface area contributed by atoms with Gasteiger partial charge < -0.3 is 29.5 Å². The van der Waals surface area contributed by atoms with Gasteiger partial charge in [-0.05, 0) is 62.4 Å². The van der Waals surface area contributed by atoms with Crippen LogP contribution < -0.4 is 14.8 Å². The first-order valence-corrected chi connectivity index (χ1v) is 11.0. The second-order valence-corrected chi connectivity index (χ2v) is 8.23. The zero-order chi connectivity index (χ0) is 20.9. The second-order valence-electron chi connectivity index (χ2n) is 8.23. The summed E-state index contributed by atoms with van der Waals surface area (Å²) in [5.74, 6) is 2.57. The number of β-amino-alcohol motifs (C(OH)–C–C–N with tert-alkyl or cyclic N) is 1. The van der Waals surface area contributed by atoms with Gasteiger partial charge in [-0.3, -0.25) is 0 Å². The van der Waals surface area contributed by atoms with Crippen LogP contribution in [0.25, 0.3) is 10.9 Å². The van der Waals surface area contributed by atoms with Crippen molar-refractivity contribution < 1.29 is 19.3 Å². The van der Waals surface area contributed by atoms with Gasteiger partial charge in [-0.2, -0.15) is 0 Å². The fourth-order valence-corrected chi connectivity index (χ4v) is 4.51. The van der Waals surface area contributed by atoms with Crippen molar-refractivity contribution in [2.45, 2.75) is 37.7 Å². The molecule has 1 atom stereocenters. The van der Waals surface area contributed by atoms with Gasteiger partial charge in [0.2, 0.25) is 0 Å². The number of anilines is 1. The molecule has 1 aromatic heterocycles. The Balaban J connectivity index is 1.58. The molecule has 0 aliphatic carbocycles. The Labute approximate surface area is 178 Å². The molecule has 30 heavy (non-hydrogen) atoms. The van der Waals surface area contributed by atoms with Crippen LogP contribution >= 0.6 is 0 Å². The summed E-state index contributed by atoms with van der Waals surface area (Å²) in [4.78, 5) is 7.03. The maximum atomic E-state index is 10.4. The number of ether oxygens (including phenoxy) is 3. The Bertz CT molecular complexity index is 848. The van der Waals surface area contributed by atoms with Crippen molar-refractivity contribution in [3.63, 3.8) is 0 Å². The van der Waals surface area contributed by atoms with E-state index in [0.29, 0.717) is 24.0 Å². The third-order valence-corrected chi connectivity index (χ3v) is 6.14. The van der Waals surface area contributed by atoms with Crippen LogP contribution in [0, 0.1) is 0 Å². The largest absolute Gasteiger partial charge is 0.493 e. The summed E-state index contributed by atoms with van der Waals surface area (Å²) >= 11 is 0.